The summed E-state index contributed by atoms with van der Waals surface area (Å²) in [7, 11) is -9.11. The van der Waals surface area contributed by atoms with Gasteiger partial charge in [-0.15, -0.1) is 0 Å². The minimum Gasteiger partial charge on any atom is -0.285 e. The first-order chi connectivity index (χ1) is 11.0. The molecule has 0 bridgehead atoms. The molecule has 0 aromatic heterocycles. The summed E-state index contributed by atoms with van der Waals surface area (Å²) in [5, 5.41) is 0. The lowest BCUT2D eigenvalue weighted by Crippen LogP contribution is -2.22. The Morgan fingerprint density at radius 1 is 0.583 bits per heavy atom. The Hall–Kier alpha value is -2.40. The highest BCUT2D eigenvalue weighted by atomic mass is 32.2. The second-order valence-corrected chi connectivity index (χ2v) is 7.87. The first-order valence-corrected chi connectivity index (χ1v) is 9.20. The fraction of sp³-hybridized carbons (Fsp3) is 0. The van der Waals surface area contributed by atoms with Crippen LogP contribution in [0.15, 0.2) is 46.2 Å². The van der Waals surface area contributed by atoms with Gasteiger partial charge in [0.15, 0.2) is 0 Å². The number of carbonyl (C=O) groups excluding carboxylic acids is 2. The van der Waals surface area contributed by atoms with E-state index in [1.165, 1.54) is 12.1 Å². The molecule has 0 unspecified atom stereocenters. The Balaban J connectivity index is 2.32. The Morgan fingerprint density at radius 3 is 1.21 bits per heavy atom. The molecule has 0 atom stereocenters. The largest absolute Gasteiger partial charge is 0.294 e. The van der Waals surface area contributed by atoms with E-state index in [0.717, 1.165) is 24.3 Å². The SMILES string of the molecule is O=C1C(=O)c2cc(S(=O)(=O)O)ccc2-c2ccc(S(=O)(=O)O)cc21. The third kappa shape index (κ3) is 2.55. The Morgan fingerprint density at radius 2 is 0.917 bits per heavy atom. The maximum Gasteiger partial charge on any atom is 0.294 e. The van der Waals surface area contributed by atoms with E-state index in [4.69, 9.17) is 9.11 Å². The summed E-state index contributed by atoms with van der Waals surface area (Å²) in [6.45, 7) is 0. The number of ketones is 2. The normalized spacial score (nSPS) is 14.2. The second-order valence-electron chi connectivity index (χ2n) is 5.02. The van der Waals surface area contributed by atoms with Crippen LogP contribution in [0.25, 0.3) is 11.1 Å². The Kier molecular flexibility index (Phi) is 3.46. The molecule has 0 amide bonds. The highest BCUT2D eigenvalue weighted by Gasteiger charge is 2.32. The molecule has 2 aromatic rings. The molecule has 2 N–H and O–H groups in total. The first kappa shape index (κ1) is 16.5. The fourth-order valence-electron chi connectivity index (χ4n) is 2.46. The van der Waals surface area contributed by atoms with Gasteiger partial charge in [0.25, 0.3) is 20.2 Å². The van der Waals surface area contributed by atoms with Gasteiger partial charge in [-0.2, -0.15) is 16.8 Å². The van der Waals surface area contributed by atoms with Crippen molar-refractivity contribution in [3.8, 4) is 11.1 Å². The van der Waals surface area contributed by atoms with Crippen molar-refractivity contribution in [2.45, 2.75) is 9.79 Å². The van der Waals surface area contributed by atoms with Crippen LogP contribution >= 0.6 is 0 Å². The summed E-state index contributed by atoms with van der Waals surface area (Å²) in [4.78, 5) is 23.3. The molecule has 0 aliphatic heterocycles. The van der Waals surface area contributed by atoms with Gasteiger partial charge in [0, 0.05) is 11.1 Å². The van der Waals surface area contributed by atoms with Gasteiger partial charge in [0.2, 0.25) is 11.6 Å². The van der Waals surface area contributed by atoms with E-state index in [0.29, 0.717) is 0 Å². The minimum absolute atomic E-state index is 0.212. The standard InChI is InChI=1S/C14H8O8S2/c15-13-11-5-7(23(17,18)19)1-3-9(11)10-4-2-8(24(20,21)22)6-12(10)14(13)16/h1-6H,(H,17,18,19)(H,20,21,22). The van der Waals surface area contributed by atoms with E-state index in [1.54, 1.807) is 0 Å². The summed E-state index contributed by atoms with van der Waals surface area (Å²) in [5.74, 6) is -2.09. The van der Waals surface area contributed by atoms with E-state index in [2.05, 4.69) is 0 Å². The van der Waals surface area contributed by atoms with Gasteiger partial charge in [-0.05, 0) is 35.4 Å². The van der Waals surface area contributed by atoms with Crippen LogP contribution in [-0.4, -0.2) is 37.5 Å². The lowest BCUT2D eigenvalue weighted by atomic mass is 9.84. The molecular formula is C14H8O8S2. The van der Waals surface area contributed by atoms with E-state index in [-0.39, 0.29) is 22.3 Å². The predicted molar refractivity (Wildman–Crippen MR) is 80.2 cm³/mol. The molecule has 0 saturated carbocycles. The highest BCUT2D eigenvalue weighted by Crippen LogP contribution is 2.35. The van der Waals surface area contributed by atoms with Crippen LogP contribution in [0.1, 0.15) is 20.7 Å². The van der Waals surface area contributed by atoms with Crippen molar-refractivity contribution in [1.29, 1.82) is 0 Å². The van der Waals surface area contributed by atoms with E-state index >= 15 is 0 Å². The van der Waals surface area contributed by atoms with Crippen LogP contribution in [0.3, 0.4) is 0 Å². The summed E-state index contributed by atoms with van der Waals surface area (Å²) in [5.41, 5.74) is -0.0164. The Bertz CT molecular complexity index is 1040. The summed E-state index contributed by atoms with van der Waals surface area (Å²) >= 11 is 0. The van der Waals surface area contributed by atoms with Gasteiger partial charge < -0.3 is 0 Å². The third-order valence-corrected chi connectivity index (χ3v) is 5.26. The summed E-state index contributed by atoms with van der Waals surface area (Å²) < 4.78 is 62.8. The van der Waals surface area contributed by atoms with Gasteiger partial charge in [-0.25, -0.2) is 0 Å². The van der Waals surface area contributed by atoms with Crippen LogP contribution in [0.2, 0.25) is 0 Å². The van der Waals surface area contributed by atoms with E-state index < -0.39 is 41.6 Å². The number of Topliss-reactive ketones (excluding diaryl/α,β-unsaturated/α-hetero) is 2. The second kappa shape index (κ2) is 5.05. The third-order valence-electron chi connectivity index (χ3n) is 3.56. The van der Waals surface area contributed by atoms with Gasteiger partial charge in [0.05, 0.1) is 9.79 Å². The fourth-order valence-corrected chi connectivity index (χ4v) is 3.47. The predicted octanol–water partition coefficient (Wildman–Crippen LogP) is 1.23. The van der Waals surface area contributed by atoms with E-state index in [9.17, 15) is 26.4 Å². The van der Waals surface area contributed by atoms with Gasteiger partial charge in [-0.1, -0.05) is 12.1 Å². The smallest absolute Gasteiger partial charge is 0.285 e. The Labute approximate surface area is 136 Å². The van der Waals surface area contributed by atoms with Crippen LogP contribution in [-0.2, 0) is 20.2 Å². The molecule has 0 spiro atoms. The van der Waals surface area contributed by atoms with Crippen molar-refractivity contribution < 1.29 is 35.5 Å². The molecule has 1 aliphatic carbocycles. The topological polar surface area (TPSA) is 143 Å². The number of hydrogen-bond donors (Lipinski definition) is 2. The number of hydrogen-bond acceptors (Lipinski definition) is 6. The number of fused-ring (bicyclic) bond motifs is 3. The summed E-state index contributed by atoms with van der Waals surface area (Å²) in [6.07, 6.45) is 0. The van der Waals surface area contributed by atoms with Crippen molar-refractivity contribution >= 4 is 31.8 Å². The molecule has 2 aromatic carbocycles. The molecule has 0 heterocycles. The molecule has 124 valence electrons. The number of benzene rings is 2. The number of rotatable bonds is 2. The molecule has 1 aliphatic rings. The zero-order valence-corrected chi connectivity index (χ0v) is 13.3. The monoisotopic (exact) mass is 368 g/mol. The average molecular weight is 368 g/mol. The van der Waals surface area contributed by atoms with Gasteiger partial charge >= 0.3 is 0 Å². The number of carbonyl (C=O) groups is 2. The highest BCUT2D eigenvalue weighted by molar-refractivity contribution is 7.86. The molecule has 0 radical (unpaired) electrons. The molecule has 0 fully saturated rings. The first-order valence-electron chi connectivity index (χ1n) is 6.32. The zero-order valence-electron chi connectivity index (χ0n) is 11.6. The van der Waals surface area contributed by atoms with Crippen molar-refractivity contribution in [2.24, 2.45) is 0 Å². The minimum atomic E-state index is -4.56. The van der Waals surface area contributed by atoms with E-state index in [1.807, 2.05) is 0 Å². The van der Waals surface area contributed by atoms with Gasteiger partial charge in [0.1, 0.15) is 0 Å². The summed E-state index contributed by atoms with van der Waals surface area (Å²) in [6, 6.07) is 6.33. The van der Waals surface area contributed by atoms with Crippen molar-refractivity contribution in [1.82, 2.24) is 0 Å². The molecule has 3 rings (SSSR count). The van der Waals surface area contributed by atoms with Crippen molar-refractivity contribution in [2.75, 3.05) is 0 Å². The average Bonchev–Trinajstić information content (AvgIpc) is 2.49. The lowest BCUT2D eigenvalue weighted by molar-refractivity contribution is 0.0815. The van der Waals surface area contributed by atoms with Crippen LogP contribution in [0, 0.1) is 0 Å². The van der Waals surface area contributed by atoms with Gasteiger partial charge in [-0.3, -0.25) is 18.7 Å². The molecule has 10 heteroatoms. The lowest BCUT2D eigenvalue weighted by Gasteiger charge is -2.18. The molecule has 0 saturated heterocycles. The maximum absolute atomic E-state index is 12.2. The quantitative estimate of drug-likeness (QED) is 0.595. The molecular weight excluding hydrogens is 360 g/mol. The molecule has 24 heavy (non-hydrogen) atoms. The van der Waals surface area contributed by atoms with Crippen LogP contribution < -0.4 is 0 Å². The van der Waals surface area contributed by atoms with Crippen LogP contribution in [0.4, 0.5) is 0 Å². The molecule has 8 nitrogen and oxygen atoms in total. The van der Waals surface area contributed by atoms with Crippen LogP contribution in [0.5, 0.6) is 0 Å². The van der Waals surface area contributed by atoms with Crippen molar-refractivity contribution in [3.05, 3.63) is 47.5 Å². The van der Waals surface area contributed by atoms with Crippen molar-refractivity contribution in [3.63, 3.8) is 0 Å². The zero-order chi connectivity index (χ0) is 17.9. The maximum atomic E-state index is 12.2.